The van der Waals surface area contributed by atoms with Gasteiger partial charge in [-0.3, -0.25) is 4.90 Å². The standard InChI is InChI=1S/C17H27N5/c1-3-8-19-17(18)20-13-15-4-6-16(7-5-15)14-22-11-9-21(2)10-12-22/h3-7H,1,8-14H2,2H3,(H3,18,19,20). The molecule has 2 rings (SSSR count). The molecule has 0 unspecified atom stereocenters. The van der Waals surface area contributed by atoms with E-state index in [-0.39, 0.29) is 0 Å². The molecule has 0 saturated carbocycles. The van der Waals surface area contributed by atoms with Gasteiger partial charge in [0, 0.05) is 39.3 Å². The van der Waals surface area contributed by atoms with Crippen LogP contribution in [-0.2, 0) is 13.1 Å². The van der Waals surface area contributed by atoms with Gasteiger partial charge in [0.2, 0.25) is 0 Å². The van der Waals surface area contributed by atoms with E-state index in [1.165, 1.54) is 11.1 Å². The second kappa shape index (κ2) is 8.56. The lowest BCUT2D eigenvalue weighted by molar-refractivity contribution is 0.148. The molecule has 0 aliphatic carbocycles. The molecule has 1 aliphatic heterocycles. The van der Waals surface area contributed by atoms with E-state index in [2.05, 4.69) is 58.0 Å². The summed E-state index contributed by atoms with van der Waals surface area (Å²) >= 11 is 0. The van der Waals surface area contributed by atoms with Crippen LogP contribution in [0.5, 0.6) is 0 Å². The lowest BCUT2D eigenvalue weighted by Crippen LogP contribution is -2.43. The van der Waals surface area contributed by atoms with E-state index in [1.807, 2.05) is 0 Å². The minimum Gasteiger partial charge on any atom is -0.370 e. The van der Waals surface area contributed by atoms with Crippen molar-refractivity contribution in [2.24, 2.45) is 10.7 Å². The van der Waals surface area contributed by atoms with Crippen LogP contribution in [-0.4, -0.2) is 55.5 Å². The smallest absolute Gasteiger partial charge is 0.189 e. The second-order valence-electron chi connectivity index (χ2n) is 5.77. The first-order valence-corrected chi connectivity index (χ1v) is 7.81. The van der Waals surface area contributed by atoms with Gasteiger partial charge in [-0.15, -0.1) is 6.58 Å². The number of rotatable bonds is 6. The Kier molecular flexibility index (Phi) is 6.43. The molecule has 1 heterocycles. The fourth-order valence-electron chi connectivity index (χ4n) is 2.42. The Balaban J connectivity index is 1.81. The van der Waals surface area contributed by atoms with Gasteiger partial charge in [0.05, 0.1) is 6.54 Å². The van der Waals surface area contributed by atoms with E-state index in [0.717, 1.165) is 32.7 Å². The molecule has 0 aromatic heterocycles. The summed E-state index contributed by atoms with van der Waals surface area (Å²) in [4.78, 5) is 9.19. The molecule has 1 fully saturated rings. The predicted octanol–water partition coefficient (Wildman–Crippen LogP) is 1.02. The Labute approximate surface area is 133 Å². The number of nitrogens with one attached hydrogen (secondary N) is 1. The van der Waals surface area contributed by atoms with Crippen molar-refractivity contribution in [1.29, 1.82) is 0 Å². The van der Waals surface area contributed by atoms with Crippen molar-refractivity contribution in [1.82, 2.24) is 15.1 Å². The summed E-state index contributed by atoms with van der Waals surface area (Å²) in [5, 5.41) is 2.97. The van der Waals surface area contributed by atoms with Gasteiger partial charge >= 0.3 is 0 Å². The summed E-state index contributed by atoms with van der Waals surface area (Å²) in [6.45, 7) is 10.5. The van der Waals surface area contributed by atoms with Crippen molar-refractivity contribution in [2.45, 2.75) is 13.1 Å². The highest BCUT2D eigenvalue weighted by Crippen LogP contribution is 2.10. The van der Waals surface area contributed by atoms with Crippen LogP contribution in [0.15, 0.2) is 41.9 Å². The fraction of sp³-hybridized carbons (Fsp3) is 0.471. The average molecular weight is 301 g/mol. The van der Waals surface area contributed by atoms with E-state index in [1.54, 1.807) is 6.08 Å². The molecular weight excluding hydrogens is 274 g/mol. The average Bonchev–Trinajstić information content (AvgIpc) is 2.54. The van der Waals surface area contributed by atoms with Gasteiger partial charge in [0.15, 0.2) is 5.96 Å². The number of aliphatic imine (C=N–C) groups is 1. The molecule has 0 radical (unpaired) electrons. The number of likely N-dealkylation sites (N-methyl/N-ethyl adjacent to an activating group) is 1. The lowest BCUT2D eigenvalue weighted by atomic mass is 10.1. The number of guanidine groups is 1. The zero-order chi connectivity index (χ0) is 15.8. The molecule has 0 bridgehead atoms. The number of nitrogens with two attached hydrogens (primary N) is 1. The molecule has 0 atom stereocenters. The van der Waals surface area contributed by atoms with E-state index >= 15 is 0 Å². The van der Waals surface area contributed by atoms with Crippen LogP contribution < -0.4 is 11.1 Å². The van der Waals surface area contributed by atoms with Crippen LogP contribution in [0.2, 0.25) is 0 Å². The third-order valence-corrected chi connectivity index (χ3v) is 3.88. The van der Waals surface area contributed by atoms with Crippen molar-refractivity contribution in [3.63, 3.8) is 0 Å². The maximum absolute atomic E-state index is 5.75. The van der Waals surface area contributed by atoms with Gasteiger partial charge < -0.3 is 16.0 Å². The van der Waals surface area contributed by atoms with Crippen LogP contribution in [0.1, 0.15) is 11.1 Å². The SMILES string of the molecule is C=CCNC(N)=NCc1ccc(CN2CCN(C)CC2)cc1. The van der Waals surface area contributed by atoms with Gasteiger partial charge in [0.25, 0.3) is 0 Å². The van der Waals surface area contributed by atoms with Gasteiger partial charge in [-0.25, -0.2) is 4.99 Å². The third kappa shape index (κ3) is 5.50. The zero-order valence-corrected chi connectivity index (χ0v) is 13.5. The normalized spacial score (nSPS) is 17.4. The summed E-state index contributed by atoms with van der Waals surface area (Å²) < 4.78 is 0. The summed E-state index contributed by atoms with van der Waals surface area (Å²) in [7, 11) is 2.18. The fourth-order valence-corrected chi connectivity index (χ4v) is 2.42. The molecular formula is C17H27N5. The second-order valence-corrected chi connectivity index (χ2v) is 5.77. The number of hydrogen-bond acceptors (Lipinski definition) is 3. The Morgan fingerprint density at radius 1 is 1.23 bits per heavy atom. The van der Waals surface area contributed by atoms with Crippen molar-refractivity contribution >= 4 is 5.96 Å². The van der Waals surface area contributed by atoms with Crippen LogP contribution in [0.3, 0.4) is 0 Å². The third-order valence-electron chi connectivity index (χ3n) is 3.88. The number of nitrogens with zero attached hydrogens (tertiary/aromatic N) is 3. The summed E-state index contributed by atoms with van der Waals surface area (Å²) in [6.07, 6.45) is 1.76. The highest BCUT2D eigenvalue weighted by molar-refractivity contribution is 5.77. The molecule has 3 N–H and O–H groups in total. The molecule has 0 amide bonds. The molecule has 120 valence electrons. The zero-order valence-electron chi connectivity index (χ0n) is 13.5. The molecule has 0 spiro atoms. The Hall–Kier alpha value is -1.85. The first-order chi connectivity index (χ1) is 10.7. The van der Waals surface area contributed by atoms with Crippen molar-refractivity contribution in [3.8, 4) is 0 Å². The first-order valence-electron chi connectivity index (χ1n) is 7.81. The maximum atomic E-state index is 5.75. The van der Waals surface area contributed by atoms with E-state index < -0.39 is 0 Å². The van der Waals surface area contributed by atoms with Crippen molar-refractivity contribution in [3.05, 3.63) is 48.0 Å². The highest BCUT2D eigenvalue weighted by atomic mass is 15.2. The Morgan fingerprint density at radius 2 is 1.86 bits per heavy atom. The first kappa shape index (κ1) is 16.5. The summed E-state index contributed by atoms with van der Waals surface area (Å²) in [6, 6.07) is 8.65. The van der Waals surface area contributed by atoms with Crippen LogP contribution in [0.4, 0.5) is 0 Å². The summed E-state index contributed by atoms with van der Waals surface area (Å²) in [5.74, 6) is 0.460. The van der Waals surface area contributed by atoms with Crippen LogP contribution >= 0.6 is 0 Å². The van der Waals surface area contributed by atoms with E-state index in [9.17, 15) is 0 Å². The molecule has 1 aliphatic rings. The largest absolute Gasteiger partial charge is 0.370 e. The van der Waals surface area contributed by atoms with Crippen molar-refractivity contribution < 1.29 is 0 Å². The van der Waals surface area contributed by atoms with Gasteiger partial charge in [-0.05, 0) is 18.2 Å². The van der Waals surface area contributed by atoms with Crippen molar-refractivity contribution in [2.75, 3.05) is 39.8 Å². The van der Waals surface area contributed by atoms with Gasteiger partial charge in [-0.1, -0.05) is 30.3 Å². The minimum atomic E-state index is 0.460. The predicted molar refractivity (Wildman–Crippen MR) is 92.7 cm³/mol. The van der Waals surface area contributed by atoms with Gasteiger partial charge in [-0.2, -0.15) is 0 Å². The monoisotopic (exact) mass is 301 g/mol. The molecule has 22 heavy (non-hydrogen) atoms. The molecule has 1 aromatic rings. The number of piperazine rings is 1. The molecule has 1 saturated heterocycles. The van der Waals surface area contributed by atoms with E-state index in [4.69, 9.17) is 5.73 Å². The topological polar surface area (TPSA) is 56.9 Å². The van der Waals surface area contributed by atoms with Gasteiger partial charge in [0.1, 0.15) is 0 Å². The number of benzene rings is 1. The Morgan fingerprint density at radius 3 is 2.50 bits per heavy atom. The Bertz CT molecular complexity index is 486. The van der Waals surface area contributed by atoms with E-state index in [0.29, 0.717) is 19.0 Å². The van der Waals surface area contributed by atoms with Crippen LogP contribution in [0, 0.1) is 0 Å². The summed E-state index contributed by atoms with van der Waals surface area (Å²) in [5.41, 5.74) is 8.28. The molecule has 5 nitrogen and oxygen atoms in total. The lowest BCUT2D eigenvalue weighted by Gasteiger charge is -2.32. The highest BCUT2D eigenvalue weighted by Gasteiger charge is 2.13. The number of hydrogen-bond donors (Lipinski definition) is 2. The minimum absolute atomic E-state index is 0.460. The molecule has 5 heteroatoms. The quantitative estimate of drug-likeness (QED) is 0.468. The van der Waals surface area contributed by atoms with Crippen LogP contribution in [0.25, 0.3) is 0 Å². The maximum Gasteiger partial charge on any atom is 0.189 e. The molecule has 1 aromatic carbocycles.